The summed E-state index contributed by atoms with van der Waals surface area (Å²) in [6.07, 6.45) is 2.64. The van der Waals surface area contributed by atoms with Crippen LogP contribution in [0.1, 0.15) is 47.4 Å². The van der Waals surface area contributed by atoms with Crippen LogP contribution < -0.4 is 5.32 Å². The quantitative estimate of drug-likeness (QED) is 0.893. The van der Waals surface area contributed by atoms with Gasteiger partial charge in [0.25, 0.3) is 0 Å². The number of urea groups is 1. The number of rotatable bonds is 4. The Kier molecular flexibility index (Phi) is 5.66. The van der Waals surface area contributed by atoms with Gasteiger partial charge in [-0.05, 0) is 20.8 Å². The summed E-state index contributed by atoms with van der Waals surface area (Å²) in [5.74, 6) is 0.727. The number of carbonyl (C=O) groups is 1. The van der Waals surface area contributed by atoms with Crippen molar-refractivity contribution < 1.29 is 9.90 Å². The molecule has 6 heteroatoms. The van der Waals surface area contributed by atoms with Gasteiger partial charge in [0.15, 0.2) is 0 Å². The van der Waals surface area contributed by atoms with Gasteiger partial charge in [0, 0.05) is 18.0 Å². The van der Waals surface area contributed by atoms with Gasteiger partial charge in [-0.15, -0.1) is 0 Å². The molecule has 2 N–H and O–H groups in total. The fraction of sp³-hybridized carbons (Fsp3) is 0.667. The van der Waals surface area contributed by atoms with E-state index in [9.17, 15) is 9.90 Å². The molecule has 0 spiro atoms. The van der Waals surface area contributed by atoms with E-state index < -0.39 is 6.10 Å². The second-order valence-corrected chi connectivity index (χ2v) is 6.57. The molecule has 118 valence electrons. The van der Waals surface area contributed by atoms with E-state index in [0.717, 1.165) is 5.82 Å². The molecule has 2 amide bonds. The fourth-order valence-electron chi connectivity index (χ4n) is 1.79. The average molecular weight is 294 g/mol. The van der Waals surface area contributed by atoms with Gasteiger partial charge in [-0.1, -0.05) is 20.8 Å². The molecule has 0 aliphatic carbocycles. The third-order valence-electron chi connectivity index (χ3n) is 2.92. The number of nitrogens with zero attached hydrogens (tertiary/aromatic N) is 3. The number of aliphatic hydroxyl groups excluding tert-OH is 1. The SMILES string of the molecule is CC(O)CN(C(=O)Nc1cnc(C(C)(C)C)nc1)C(C)C. The second kappa shape index (κ2) is 6.85. The summed E-state index contributed by atoms with van der Waals surface area (Å²) in [4.78, 5) is 22.3. The van der Waals surface area contributed by atoms with Crippen molar-refractivity contribution in [1.82, 2.24) is 14.9 Å². The molecule has 1 aromatic heterocycles. The van der Waals surface area contributed by atoms with Crippen molar-refractivity contribution >= 4 is 11.7 Å². The highest BCUT2D eigenvalue weighted by molar-refractivity contribution is 5.89. The molecule has 0 saturated carbocycles. The predicted octanol–water partition coefficient (Wildman–Crippen LogP) is 2.40. The Morgan fingerprint density at radius 1 is 1.29 bits per heavy atom. The van der Waals surface area contributed by atoms with Crippen LogP contribution in [0.5, 0.6) is 0 Å². The van der Waals surface area contributed by atoms with E-state index >= 15 is 0 Å². The average Bonchev–Trinajstić information content (AvgIpc) is 2.34. The van der Waals surface area contributed by atoms with Crippen molar-refractivity contribution in [3.05, 3.63) is 18.2 Å². The van der Waals surface area contributed by atoms with Crippen molar-refractivity contribution in [3.63, 3.8) is 0 Å². The minimum absolute atomic E-state index is 0.00522. The minimum atomic E-state index is -0.572. The second-order valence-electron chi connectivity index (χ2n) is 6.57. The summed E-state index contributed by atoms with van der Waals surface area (Å²) < 4.78 is 0. The molecule has 1 atom stereocenters. The van der Waals surface area contributed by atoms with E-state index in [1.54, 1.807) is 24.2 Å². The van der Waals surface area contributed by atoms with Crippen molar-refractivity contribution in [2.45, 2.75) is 59.1 Å². The molecule has 21 heavy (non-hydrogen) atoms. The van der Waals surface area contributed by atoms with E-state index in [1.165, 1.54) is 0 Å². The van der Waals surface area contributed by atoms with Crippen LogP contribution in [0.25, 0.3) is 0 Å². The van der Waals surface area contributed by atoms with Crippen LogP contribution in [0.3, 0.4) is 0 Å². The number of amides is 2. The molecule has 1 heterocycles. The van der Waals surface area contributed by atoms with Gasteiger partial charge < -0.3 is 15.3 Å². The molecule has 0 radical (unpaired) electrons. The molecule has 1 rings (SSSR count). The number of hydrogen-bond acceptors (Lipinski definition) is 4. The summed E-state index contributed by atoms with van der Waals surface area (Å²) in [5, 5.41) is 12.2. The number of nitrogens with one attached hydrogen (secondary N) is 1. The van der Waals surface area contributed by atoms with E-state index in [-0.39, 0.29) is 24.0 Å². The molecule has 0 aromatic carbocycles. The summed E-state index contributed by atoms with van der Waals surface area (Å²) in [5.41, 5.74) is 0.419. The molecule has 0 aliphatic heterocycles. The first-order valence-electron chi connectivity index (χ1n) is 7.19. The molecule has 1 unspecified atom stereocenters. The van der Waals surface area contributed by atoms with Crippen LogP contribution in [-0.2, 0) is 5.41 Å². The van der Waals surface area contributed by atoms with E-state index in [0.29, 0.717) is 5.69 Å². The predicted molar refractivity (Wildman–Crippen MR) is 83.3 cm³/mol. The van der Waals surface area contributed by atoms with Gasteiger partial charge in [-0.25, -0.2) is 14.8 Å². The van der Waals surface area contributed by atoms with E-state index in [4.69, 9.17) is 0 Å². The maximum Gasteiger partial charge on any atom is 0.322 e. The highest BCUT2D eigenvalue weighted by atomic mass is 16.3. The Labute approximate surface area is 126 Å². The lowest BCUT2D eigenvalue weighted by Crippen LogP contribution is -2.43. The minimum Gasteiger partial charge on any atom is -0.392 e. The summed E-state index contributed by atoms with van der Waals surface area (Å²) in [6, 6.07) is -0.271. The van der Waals surface area contributed by atoms with Crippen LogP contribution in [0.4, 0.5) is 10.5 Å². The maximum absolute atomic E-state index is 12.2. The monoisotopic (exact) mass is 294 g/mol. The molecular weight excluding hydrogens is 268 g/mol. The summed E-state index contributed by atoms with van der Waals surface area (Å²) >= 11 is 0. The lowest BCUT2D eigenvalue weighted by atomic mass is 9.96. The molecule has 0 aliphatic rings. The lowest BCUT2D eigenvalue weighted by Gasteiger charge is -2.28. The summed E-state index contributed by atoms with van der Waals surface area (Å²) in [7, 11) is 0. The Hall–Kier alpha value is -1.69. The van der Waals surface area contributed by atoms with E-state index in [2.05, 4.69) is 15.3 Å². The fourth-order valence-corrected chi connectivity index (χ4v) is 1.79. The Bertz CT molecular complexity index is 464. The van der Waals surface area contributed by atoms with Gasteiger partial charge in [0.1, 0.15) is 5.82 Å². The normalized spacial score (nSPS) is 13.1. The topological polar surface area (TPSA) is 78.4 Å². The van der Waals surface area contributed by atoms with Crippen molar-refractivity contribution in [2.24, 2.45) is 0 Å². The van der Waals surface area contributed by atoms with Gasteiger partial charge in [0.05, 0.1) is 24.2 Å². The molecule has 1 aromatic rings. The third kappa shape index (κ3) is 5.30. The first-order chi connectivity index (χ1) is 9.61. The number of hydrogen-bond donors (Lipinski definition) is 2. The number of aromatic nitrogens is 2. The van der Waals surface area contributed by atoms with Gasteiger partial charge >= 0.3 is 6.03 Å². The van der Waals surface area contributed by atoms with Crippen molar-refractivity contribution in [2.75, 3.05) is 11.9 Å². The first-order valence-corrected chi connectivity index (χ1v) is 7.19. The standard InChI is InChI=1S/C15H26N4O2/c1-10(2)19(9-11(3)20)14(21)18-12-7-16-13(17-8-12)15(4,5)6/h7-8,10-11,20H,9H2,1-6H3,(H,18,21). The van der Waals surface area contributed by atoms with Crippen molar-refractivity contribution in [3.8, 4) is 0 Å². The number of aliphatic hydroxyl groups is 1. The third-order valence-corrected chi connectivity index (χ3v) is 2.92. The highest BCUT2D eigenvalue weighted by Crippen LogP contribution is 2.18. The Morgan fingerprint density at radius 2 is 1.81 bits per heavy atom. The van der Waals surface area contributed by atoms with Crippen LogP contribution in [0.15, 0.2) is 12.4 Å². The smallest absolute Gasteiger partial charge is 0.322 e. The first kappa shape index (κ1) is 17.4. The molecule has 0 fully saturated rings. The molecule has 0 saturated heterocycles. The molecular formula is C15H26N4O2. The zero-order chi connectivity index (χ0) is 16.2. The zero-order valence-electron chi connectivity index (χ0n) is 13.7. The number of anilines is 1. The van der Waals surface area contributed by atoms with Crippen LogP contribution in [0.2, 0.25) is 0 Å². The Morgan fingerprint density at radius 3 is 2.19 bits per heavy atom. The van der Waals surface area contributed by atoms with E-state index in [1.807, 2.05) is 34.6 Å². The number of carbonyl (C=O) groups excluding carboxylic acids is 1. The Balaban J connectivity index is 2.77. The molecule has 0 bridgehead atoms. The highest BCUT2D eigenvalue weighted by Gasteiger charge is 2.20. The van der Waals surface area contributed by atoms with Crippen molar-refractivity contribution in [1.29, 1.82) is 0 Å². The van der Waals surface area contributed by atoms with Gasteiger partial charge in [-0.3, -0.25) is 0 Å². The van der Waals surface area contributed by atoms with Gasteiger partial charge in [0.2, 0.25) is 0 Å². The summed E-state index contributed by atoms with van der Waals surface area (Å²) in [6.45, 7) is 11.8. The molecule has 6 nitrogen and oxygen atoms in total. The maximum atomic E-state index is 12.2. The van der Waals surface area contributed by atoms with Gasteiger partial charge in [-0.2, -0.15) is 0 Å². The zero-order valence-corrected chi connectivity index (χ0v) is 13.7. The van der Waals surface area contributed by atoms with Crippen LogP contribution in [-0.4, -0.2) is 44.7 Å². The lowest BCUT2D eigenvalue weighted by molar-refractivity contribution is 0.125. The van der Waals surface area contributed by atoms with Crippen LogP contribution >= 0.6 is 0 Å². The largest absolute Gasteiger partial charge is 0.392 e. The van der Waals surface area contributed by atoms with Crippen LogP contribution in [0, 0.1) is 0 Å².